The number of carbonyl (C=O) groups excluding carboxylic acids is 1. The third-order valence-corrected chi connectivity index (χ3v) is 4.04. The molecule has 1 N–H and O–H groups in total. The van der Waals surface area contributed by atoms with Crippen LogP contribution in [-0.2, 0) is 9.84 Å². The maximum Gasteiger partial charge on any atom is 0.252 e. The highest BCUT2D eigenvalue weighted by atomic mass is 32.2. The molecular weight excluding hydrogens is 250 g/mol. The highest BCUT2D eigenvalue weighted by Crippen LogP contribution is 2.15. The lowest BCUT2D eigenvalue weighted by molar-refractivity contribution is 0.0927. The minimum Gasteiger partial charge on any atom is -0.349 e. The first-order chi connectivity index (χ1) is 8.23. The summed E-state index contributed by atoms with van der Waals surface area (Å²) in [6.07, 6.45) is 1.10. The van der Waals surface area contributed by atoms with Crippen molar-refractivity contribution in [3.8, 4) is 0 Å². The van der Waals surface area contributed by atoms with E-state index in [0.717, 1.165) is 6.26 Å². The third-order valence-electron chi connectivity index (χ3n) is 2.89. The van der Waals surface area contributed by atoms with Crippen LogP contribution in [0.2, 0.25) is 0 Å². The molecule has 100 valence electrons. The van der Waals surface area contributed by atoms with Crippen molar-refractivity contribution >= 4 is 15.7 Å². The zero-order valence-electron chi connectivity index (χ0n) is 11.1. The van der Waals surface area contributed by atoms with Crippen LogP contribution in [0.15, 0.2) is 29.2 Å². The zero-order chi connectivity index (χ0) is 13.9. The van der Waals surface area contributed by atoms with Crippen LogP contribution in [-0.4, -0.2) is 26.6 Å². The topological polar surface area (TPSA) is 63.2 Å². The fourth-order valence-electron chi connectivity index (χ4n) is 1.43. The van der Waals surface area contributed by atoms with Crippen molar-refractivity contribution in [3.05, 3.63) is 29.8 Å². The van der Waals surface area contributed by atoms with Gasteiger partial charge >= 0.3 is 0 Å². The highest BCUT2D eigenvalue weighted by molar-refractivity contribution is 7.90. The van der Waals surface area contributed by atoms with E-state index in [1.54, 1.807) is 12.1 Å². The average molecular weight is 269 g/mol. The number of hydrogen-bond donors (Lipinski definition) is 1. The summed E-state index contributed by atoms with van der Waals surface area (Å²) < 4.78 is 23.2. The van der Waals surface area contributed by atoms with Crippen LogP contribution in [0.3, 0.4) is 0 Å². The molecule has 0 aliphatic heterocycles. The second-order valence-corrected chi connectivity index (χ2v) is 6.76. The number of amides is 1. The van der Waals surface area contributed by atoms with Crippen LogP contribution in [0.25, 0.3) is 0 Å². The fraction of sp³-hybridized carbons (Fsp3) is 0.462. The first-order valence-electron chi connectivity index (χ1n) is 5.83. The molecule has 0 aliphatic rings. The molecule has 0 saturated heterocycles. The van der Waals surface area contributed by atoms with Gasteiger partial charge in [-0.15, -0.1) is 0 Å². The lowest BCUT2D eigenvalue weighted by atomic mass is 10.1. The predicted molar refractivity (Wildman–Crippen MR) is 71.3 cm³/mol. The molecule has 0 aliphatic carbocycles. The normalized spacial score (nSPS) is 13.4. The molecular formula is C13H19NO3S. The van der Waals surface area contributed by atoms with E-state index < -0.39 is 9.84 Å². The smallest absolute Gasteiger partial charge is 0.252 e. The largest absolute Gasteiger partial charge is 0.349 e. The van der Waals surface area contributed by atoms with Crippen molar-refractivity contribution in [2.45, 2.75) is 31.7 Å². The van der Waals surface area contributed by atoms with Crippen LogP contribution in [0, 0.1) is 5.92 Å². The molecule has 1 aromatic carbocycles. The molecule has 1 unspecified atom stereocenters. The lowest BCUT2D eigenvalue weighted by Gasteiger charge is -2.18. The van der Waals surface area contributed by atoms with Crippen molar-refractivity contribution in [1.29, 1.82) is 0 Å². The van der Waals surface area contributed by atoms with Gasteiger partial charge in [-0.25, -0.2) is 8.42 Å². The Kier molecular flexibility index (Phi) is 4.51. The molecule has 0 saturated carbocycles. The minimum absolute atomic E-state index is 0.00915. The summed E-state index contributed by atoms with van der Waals surface area (Å²) in [7, 11) is -3.40. The van der Waals surface area contributed by atoms with E-state index in [9.17, 15) is 13.2 Å². The summed E-state index contributed by atoms with van der Waals surface area (Å²) in [5, 5.41) is 2.80. The molecule has 0 spiro atoms. The number of benzene rings is 1. The quantitative estimate of drug-likeness (QED) is 0.907. The summed E-state index contributed by atoms with van der Waals surface area (Å²) in [5.74, 6) is -0.0587. The summed E-state index contributed by atoms with van der Waals surface area (Å²) in [5.41, 5.74) is 0.201. The number of rotatable bonds is 4. The van der Waals surface area contributed by atoms with Crippen molar-refractivity contribution < 1.29 is 13.2 Å². The Morgan fingerprint density at radius 1 is 1.17 bits per heavy atom. The maximum atomic E-state index is 12.1. The number of nitrogens with one attached hydrogen (secondary N) is 1. The van der Waals surface area contributed by atoms with Crippen LogP contribution in [0.5, 0.6) is 0 Å². The third kappa shape index (κ3) is 3.57. The van der Waals surface area contributed by atoms with Gasteiger partial charge < -0.3 is 5.32 Å². The number of sulfone groups is 1. The van der Waals surface area contributed by atoms with E-state index in [2.05, 4.69) is 5.32 Å². The molecule has 0 fully saturated rings. The number of hydrogen-bond acceptors (Lipinski definition) is 3. The molecule has 1 amide bonds. The van der Waals surface area contributed by atoms with Gasteiger partial charge in [0.2, 0.25) is 0 Å². The SMILES string of the molecule is CC(C)C(C)NC(=O)c1ccccc1S(C)(=O)=O. The Labute approximate surface area is 108 Å². The maximum absolute atomic E-state index is 12.1. The van der Waals surface area contributed by atoms with Gasteiger partial charge in [-0.1, -0.05) is 26.0 Å². The molecule has 4 nitrogen and oxygen atoms in total. The van der Waals surface area contributed by atoms with E-state index in [-0.39, 0.29) is 22.4 Å². The van der Waals surface area contributed by atoms with Crippen molar-refractivity contribution in [2.75, 3.05) is 6.26 Å². The molecule has 1 aromatic rings. The first-order valence-corrected chi connectivity index (χ1v) is 7.72. The van der Waals surface area contributed by atoms with Gasteiger partial charge in [0.15, 0.2) is 9.84 Å². The van der Waals surface area contributed by atoms with Crippen LogP contribution in [0.1, 0.15) is 31.1 Å². The molecule has 0 aromatic heterocycles. The van der Waals surface area contributed by atoms with Crippen LogP contribution < -0.4 is 5.32 Å². The Morgan fingerprint density at radius 3 is 2.22 bits per heavy atom. The monoisotopic (exact) mass is 269 g/mol. The summed E-state index contributed by atoms with van der Waals surface area (Å²) in [4.78, 5) is 12.1. The molecule has 1 atom stereocenters. The van der Waals surface area contributed by atoms with Gasteiger partial charge in [0.25, 0.3) is 5.91 Å². The molecule has 0 bridgehead atoms. The van der Waals surface area contributed by atoms with Gasteiger partial charge in [-0.05, 0) is 25.0 Å². The fourth-order valence-corrected chi connectivity index (χ4v) is 2.31. The van der Waals surface area contributed by atoms with E-state index in [1.807, 2.05) is 20.8 Å². The van der Waals surface area contributed by atoms with Gasteiger partial charge in [0.05, 0.1) is 10.5 Å². The summed E-state index contributed by atoms with van der Waals surface area (Å²) in [6.45, 7) is 5.88. The Hall–Kier alpha value is -1.36. The molecule has 5 heteroatoms. The Bertz CT molecular complexity index is 535. The average Bonchev–Trinajstić information content (AvgIpc) is 2.27. The summed E-state index contributed by atoms with van der Waals surface area (Å²) in [6, 6.07) is 6.23. The number of carbonyl (C=O) groups is 1. The molecule has 18 heavy (non-hydrogen) atoms. The van der Waals surface area contributed by atoms with Crippen LogP contribution in [0.4, 0.5) is 0 Å². The second kappa shape index (κ2) is 5.52. The minimum atomic E-state index is -3.40. The lowest BCUT2D eigenvalue weighted by Crippen LogP contribution is -2.36. The van der Waals surface area contributed by atoms with Crippen molar-refractivity contribution in [1.82, 2.24) is 5.32 Å². The van der Waals surface area contributed by atoms with E-state index in [0.29, 0.717) is 5.92 Å². The Balaban J connectivity index is 3.08. The van der Waals surface area contributed by atoms with Gasteiger partial charge in [-0.2, -0.15) is 0 Å². The zero-order valence-corrected chi connectivity index (χ0v) is 11.9. The van der Waals surface area contributed by atoms with Crippen LogP contribution >= 0.6 is 0 Å². The van der Waals surface area contributed by atoms with Crippen molar-refractivity contribution in [3.63, 3.8) is 0 Å². The van der Waals surface area contributed by atoms with E-state index >= 15 is 0 Å². The molecule has 0 heterocycles. The molecule has 1 rings (SSSR count). The summed E-state index contributed by atoms with van der Waals surface area (Å²) >= 11 is 0. The standard InChI is InChI=1S/C13H19NO3S/c1-9(2)10(3)14-13(15)11-7-5-6-8-12(11)18(4,16)17/h5-10H,1-4H3,(H,14,15). The van der Waals surface area contributed by atoms with E-state index in [4.69, 9.17) is 0 Å². The molecule has 0 radical (unpaired) electrons. The van der Waals surface area contributed by atoms with Crippen molar-refractivity contribution in [2.24, 2.45) is 5.92 Å². The van der Waals surface area contributed by atoms with Gasteiger partial charge in [0, 0.05) is 12.3 Å². The second-order valence-electron chi connectivity index (χ2n) is 4.77. The van der Waals surface area contributed by atoms with Gasteiger partial charge in [-0.3, -0.25) is 4.79 Å². The highest BCUT2D eigenvalue weighted by Gasteiger charge is 2.19. The van der Waals surface area contributed by atoms with Gasteiger partial charge in [0.1, 0.15) is 0 Å². The predicted octanol–water partition coefficient (Wildman–Crippen LogP) is 1.86. The first kappa shape index (κ1) is 14.7. The Morgan fingerprint density at radius 2 is 1.72 bits per heavy atom. The van der Waals surface area contributed by atoms with E-state index in [1.165, 1.54) is 12.1 Å².